The van der Waals surface area contributed by atoms with Crippen molar-refractivity contribution in [1.82, 2.24) is 5.43 Å². The Labute approximate surface area is 97.0 Å². The van der Waals surface area contributed by atoms with Gasteiger partial charge in [-0.3, -0.25) is 5.43 Å². The molecule has 0 aliphatic heterocycles. The lowest BCUT2D eigenvalue weighted by Gasteiger charge is -2.21. The van der Waals surface area contributed by atoms with E-state index in [2.05, 4.69) is 22.7 Å². The number of nitrogens with zero attached hydrogens (tertiary/aromatic N) is 1. The number of nitrogens with one attached hydrogen (secondary N) is 1. The summed E-state index contributed by atoms with van der Waals surface area (Å²) in [6.07, 6.45) is -4.87. The largest absolute Gasteiger partial charge is 0.394 e. The molecule has 0 aliphatic carbocycles. The Bertz CT molecular complexity index is 262. The van der Waals surface area contributed by atoms with E-state index in [0.29, 0.717) is 0 Å². The second kappa shape index (κ2) is 7.44. The van der Waals surface area contributed by atoms with E-state index in [1.807, 2.05) is 0 Å². The number of aliphatic hydroxyl groups is 5. The Hall–Kier alpha value is -0.840. The van der Waals surface area contributed by atoms with Crippen LogP contribution in [0.15, 0.2) is 5.10 Å². The van der Waals surface area contributed by atoms with Gasteiger partial charge in [-0.05, 0) is 12.2 Å². The Morgan fingerprint density at radius 2 is 1.88 bits per heavy atom. The highest BCUT2D eigenvalue weighted by molar-refractivity contribution is 7.80. The summed E-state index contributed by atoms with van der Waals surface area (Å²) in [5, 5.41) is 48.4. The molecule has 94 valence electrons. The van der Waals surface area contributed by atoms with Crippen LogP contribution in [0.25, 0.3) is 0 Å². The van der Waals surface area contributed by atoms with Crippen LogP contribution in [0.1, 0.15) is 0 Å². The Kier molecular flexibility index (Phi) is 7.05. The van der Waals surface area contributed by atoms with Crippen molar-refractivity contribution in [2.75, 3.05) is 13.2 Å². The number of rotatable bonds is 6. The van der Waals surface area contributed by atoms with E-state index in [1.165, 1.54) is 0 Å². The summed E-state index contributed by atoms with van der Waals surface area (Å²) in [6.45, 7) is -1.41. The predicted molar refractivity (Wildman–Crippen MR) is 59.5 cm³/mol. The first-order valence-electron chi connectivity index (χ1n) is 4.31. The van der Waals surface area contributed by atoms with Gasteiger partial charge in [-0.15, -0.1) is 0 Å². The highest BCUT2D eigenvalue weighted by atomic mass is 32.1. The smallest absolute Gasteiger partial charge is 0.184 e. The molecule has 9 heteroatoms. The van der Waals surface area contributed by atoms with Gasteiger partial charge in [0.2, 0.25) is 0 Å². The van der Waals surface area contributed by atoms with E-state index in [9.17, 15) is 10.2 Å². The van der Waals surface area contributed by atoms with Crippen molar-refractivity contribution < 1.29 is 25.5 Å². The minimum absolute atomic E-state index is 0.185. The summed E-state index contributed by atoms with van der Waals surface area (Å²) in [6, 6.07) is 0. The molecule has 0 bridgehead atoms. The minimum Gasteiger partial charge on any atom is -0.394 e. The first kappa shape index (κ1) is 15.2. The van der Waals surface area contributed by atoms with Gasteiger partial charge in [-0.25, -0.2) is 0 Å². The minimum atomic E-state index is -1.68. The van der Waals surface area contributed by atoms with E-state index in [0.717, 1.165) is 0 Å². The van der Waals surface area contributed by atoms with Gasteiger partial charge in [0, 0.05) is 0 Å². The Morgan fingerprint density at radius 1 is 1.31 bits per heavy atom. The fourth-order valence-electron chi connectivity index (χ4n) is 0.837. The number of hydrogen-bond donors (Lipinski definition) is 7. The van der Waals surface area contributed by atoms with Crippen molar-refractivity contribution >= 4 is 23.0 Å². The van der Waals surface area contributed by atoms with Crippen LogP contribution in [0.2, 0.25) is 0 Å². The lowest BCUT2D eigenvalue weighted by molar-refractivity contribution is -0.0565. The number of aliphatic hydroxyl groups excluding tert-OH is 5. The van der Waals surface area contributed by atoms with Crippen LogP contribution in [0, 0.1) is 0 Å². The molecule has 0 aromatic heterocycles. The summed E-state index contributed by atoms with van der Waals surface area (Å²) < 4.78 is 0. The third-order valence-electron chi connectivity index (χ3n) is 1.72. The maximum atomic E-state index is 9.46. The van der Waals surface area contributed by atoms with Gasteiger partial charge in [0.15, 0.2) is 5.11 Å². The van der Waals surface area contributed by atoms with Crippen LogP contribution < -0.4 is 11.2 Å². The molecule has 0 amide bonds. The van der Waals surface area contributed by atoms with E-state index in [-0.39, 0.29) is 10.8 Å². The van der Waals surface area contributed by atoms with Crippen molar-refractivity contribution in [3.63, 3.8) is 0 Å². The van der Waals surface area contributed by atoms with Crippen molar-refractivity contribution in [1.29, 1.82) is 0 Å². The molecule has 0 saturated carbocycles. The van der Waals surface area contributed by atoms with Crippen molar-refractivity contribution in [2.45, 2.75) is 18.3 Å². The summed E-state index contributed by atoms with van der Waals surface area (Å²) in [7, 11) is 0. The lowest BCUT2D eigenvalue weighted by atomic mass is 10.0. The molecule has 0 aromatic carbocycles. The average molecular weight is 253 g/mol. The third-order valence-corrected chi connectivity index (χ3v) is 1.81. The summed E-state index contributed by atoms with van der Waals surface area (Å²) >= 11 is 4.43. The van der Waals surface area contributed by atoms with Crippen LogP contribution in [0.5, 0.6) is 0 Å². The molecule has 0 fully saturated rings. The van der Waals surface area contributed by atoms with E-state index < -0.39 is 31.5 Å². The van der Waals surface area contributed by atoms with Gasteiger partial charge in [-0.2, -0.15) is 5.10 Å². The quantitative estimate of drug-likeness (QED) is 0.145. The van der Waals surface area contributed by atoms with Crippen LogP contribution in [-0.4, -0.2) is 67.9 Å². The normalized spacial score (nSPS) is 17.7. The van der Waals surface area contributed by atoms with Gasteiger partial charge >= 0.3 is 0 Å². The monoisotopic (exact) mass is 253 g/mol. The van der Waals surface area contributed by atoms with Crippen LogP contribution in [0.3, 0.4) is 0 Å². The average Bonchev–Trinajstić information content (AvgIpc) is 2.27. The zero-order chi connectivity index (χ0) is 12.7. The first-order chi connectivity index (χ1) is 7.43. The van der Waals surface area contributed by atoms with Gasteiger partial charge in [0.25, 0.3) is 0 Å². The summed E-state index contributed by atoms with van der Waals surface area (Å²) in [5.74, 6) is 0. The van der Waals surface area contributed by atoms with Gasteiger partial charge in [0.1, 0.15) is 18.3 Å². The SMILES string of the molecule is NC(=S)N/N=C(\CO)[C@@H](O)[C@H](O)[C@H](O)CO. The molecule has 3 atom stereocenters. The lowest BCUT2D eigenvalue weighted by Crippen LogP contribution is -2.45. The van der Waals surface area contributed by atoms with Crippen molar-refractivity contribution in [3.05, 3.63) is 0 Å². The van der Waals surface area contributed by atoms with Gasteiger partial charge in [-0.1, -0.05) is 0 Å². The molecule has 16 heavy (non-hydrogen) atoms. The van der Waals surface area contributed by atoms with Crippen molar-refractivity contribution in [3.8, 4) is 0 Å². The number of hydrazone groups is 1. The van der Waals surface area contributed by atoms with Crippen molar-refractivity contribution in [2.24, 2.45) is 10.8 Å². The molecule has 0 rings (SSSR count). The molecule has 0 radical (unpaired) electrons. The maximum absolute atomic E-state index is 9.46. The Balaban J connectivity index is 4.57. The molecule has 0 unspecified atom stereocenters. The van der Waals surface area contributed by atoms with E-state index in [1.54, 1.807) is 0 Å². The zero-order valence-electron chi connectivity index (χ0n) is 8.32. The highest BCUT2D eigenvalue weighted by Gasteiger charge is 2.28. The molecule has 0 saturated heterocycles. The predicted octanol–water partition coefficient (Wildman–Crippen LogP) is -3.76. The number of thiocarbonyl (C=S) groups is 1. The van der Waals surface area contributed by atoms with Crippen LogP contribution in [0.4, 0.5) is 0 Å². The third kappa shape index (κ3) is 4.79. The first-order valence-corrected chi connectivity index (χ1v) is 4.72. The molecular formula is C7H15N3O5S. The number of nitrogens with two attached hydrogens (primary N) is 1. The second-order valence-electron chi connectivity index (χ2n) is 2.92. The zero-order valence-corrected chi connectivity index (χ0v) is 9.13. The second-order valence-corrected chi connectivity index (χ2v) is 3.36. The molecule has 0 heterocycles. The topological polar surface area (TPSA) is 152 Å². The van der Waals surface area contributed by atoms with Crippen LogP contribution in [-0.2, 0) is 0 Å². The van der Waals surface area contributed by atoms with Crippen LogP contribution >= 0.6 is 12.2 Å². The molecule has 0 aliphatic rings. The molecule has 8 N–H and O–H groups in total. The van der Waals surface area contributed by atoms with E-state index >= 15 is 0 Å². The summed E-state index contributed by atoms with van der Waals surface area (Å²) in [4.78, 5) is 0. The molecular weight excluding hydrogens is 238 g/mol. The fraction of sp³-hybridized carbons (Fsp3) is 0.714. The standard InChI is InChI=1S/C7H15N3O5S/c8-7(16)10-9-3(1-11)5(14)6(15)4(13)2-12/h4-6,11-15H,1-2H2,(H3,8,10,16)/b9-3+/t4-,5-,6-/m1/s1. The summed E-state index contributed by atoms with van der Waals surface area (Å²) in [5.41, 5.74) is 6.90. The molecule has 0 spiro atoms. The van der Waals surface area contributed by atoms with E-state index in [4.69, 9.17) is 21.1 Å². The fourth-order valence-corrected chi connectivity index (χ4v) is 0.883. The maximum Gasteiger partial charge on any atom is 0.184 e. The van der Waals surface area contributed by atoms with Gasteiger partial charge in [0.05, 0.1) is 18.9 Å². The number of hydrogen-bond acceptors (Lipinski definition) is 7. The Morgan fingerprint density at radius 3 is 2.25 bits per heavy atom. The molecule has 8 nitrogen and oxygen atoms in total. The highest BCUT2D eigenvalue weighted by Crippen LogP contribution is 2.02. The molecule has 0 aromatic rings. The van der Waals surface area contributed by atoms with Gasteiger partial charge < -0.3 is 31.3 Å².